The molecule has 1 saturated carbocycles. The van der Waals surface area contributed by atoms with Crippen LogP contribution in [0.5, 0.6) is 0 Å². The first-order valence-electron chi connectivity index (χ1n) is 7.32. The fraction of sp³-hybridized carbons (Fsp3) is 0.714. The summed E-state index contributed by atoms with van der Waals surface area (Å²) in [5.41, 5.74) is 0. The Balaban J connectivity index is 2.03. The summed E-state index contributed by atoms with van der Waals surface area (Å²) >= 11 is 0. The predicted octanol–water partition coefficient (Wildman–Crippen LogP) is 0.915. The molecular formula is C14H23N5O2. The van der Waals surface area contributed by atoms with Crippen molar-refractivity contribution in [3.05, 3.63) is 11.6 Å². The lowest BCUT2D eigenvalue weighted by molar-refractivity contribution is -0.131. The number of nitrogens with zero attached hydrogens (tertiary/aromatic N) is 3. The molecule has 1 aromatic heterocycles. The first kappa shape index (κ1) is 15.5. The number of likely N-dealkylation sites (N-methyl/N-ethyl adjacent to an activating group) is 1. The van der Waals surface area contributed by atoms with Gasteiger partial charge in [-0.1, -0.05) is 13.8 Å². The van der Waals surface area contributed by atoms with Crippen LogP contribution in [-0.4, -0.2) is 52.0 Å². The molecule has 1 aliphatic rings. The molecule has 2 rings (SSSR count). The maximum absolute atomic E-state index is 12.2. The third-order valence-electron chi connectivity index (χ3n) is 3.42. The van der Waals surface area contributed by atoms with Crippen LogP contribution < -0.4 is 5.32 Å². The lowest BCUT2D eigenvalue weighted by Crippen LogP contribution is -2.47. The highest BCUT2D eigenvalue weighted by Crippen LogP contribution is 2.37. The van der Waals surface area contributed by atoms with Gasteiger partial charge in [0.15, 0.2) is 0 Å². The SMILES string of the molecule is CC(C)CC(NC(=O)c1n[nH]c(C2CC2)n1)C(=O)N(C)C. The largest absolute Gasteiger partial charge is 0.347 e. The zero-order valence-electron chi connectivity index (χ0n) is 13.0. The Kier molecular flexibility index (Phi) is 4.59. The van der Waals surface area contributed by atoms with E-state index in [4.69, 9.17) is 0 Å². The molecule has 2 amide bonds. The summed E-state index contributed by atoms with van der Waals surface area (Å²) in [6.45, 7) is 4.03. The van der Waals surface area contributed by atoms with Crippen molar-refractivity contribution in [3.8, 4) is 0 Å². The van der Waals surface area contributed by atoms with Gasteiger partial charge in [0.1, 0.15) is 11.9 Å². The molecule has 1 aromatic rings. The molecule has 1 unspecified atom stereocenters. The van der Waals surface area contributed by atoms with Gasteiger partial charge >= 0.3 is 0 Å². The molecule has 7 heteroatoms. The van der Waals surface area contributed by atoms with Gasteiger partial charge < -0.3 is 10.2 Å². The van der Waals surface area contributed by atoms with Crippen LogP contribution in [0.4, 0.5) is 0 Å². The number of carbonyl (C=O) groups is 2. The summed E-state index contributed by atoms with van der Waals surface area (Å²) < 4.78 is 0. The second-order valence-corrected chi connectivity index (χ2v) is 6.21. The van der Waals surface area contributed by atoms with Gasteiger partial charge in [-0.05, 0) is 25.2 Å². The van der Waals surface area contributed by atoms with Crippen LogP contribution in [0.25, 0.3) is 0 Å². The third-order valence-corrected chi connectivity index (χ3v) is 3.42. The number of aromatic amines is 1. The minimum Gasteiger partial charge on any atom is -0.347 e. The van der Waals surface area contributed by atoms with Gasteiger partial charge in [0.2, 0.25) is 11.7 Å². The van der Waals surface area contributed by atoms with Crippen molar-refractivity contribution in [2.45, 2.75) is 45.1 Å². The molecule has 0 bridgehead atoms. The average Bonchev–Trinajstić information content (AvgIpc) is 3.14. The molecular weight excluding hydrogens is 270 g/mol. The standard InChI is InChI=1S/C14H23N5O2/c1-8(2)7-10(14(21)19(3)4)15-13(20)12-16-11(17-18-12)9-5-6-9/h8-10H,5-7H2,1-4H3,(H,15,20)(H,16,17,18). The number of aromatic nitrogens is 3. The third kappa shape index (κ3) is 4.03. The Labute approximate surface area is 124 Å². The first-order valence-corrected chi connectivity index (χ1v) is 7.32. The van der Waals surface area contributed by atoms with Crippen LogP contribution >= 0.6 is 0 Å². The van der Waals surface area contributed by atoms with Crippen molar-refractivity contribution in [2.24, 2.45) is 5.92 Å². The van der Waals surface area contributed by atoms with Crippen molar-refractivity contribution in [3.63, 3.8) is 0 Å². The molecule has 1 aliphatic carbocycles. The molecule has 1 atom stereocenters. The van der Waals surface area contributed by atoms with Crippen molar-refractivity contribution < 1.29 is 9.59 Å². The van der Waals surface area contributed by atoms with Gasteiger partial charge in [-0.15, -0.1) is 5.10 Å². The van der Waals surface area contributed by atoms with Gasteiger partial charge in [0, 0.05) is 20.0 Å². The van der Waals surface area contributed by atoms with Crippen LogP contribution in [0.2, 0.25) is 0 Å². The van der Waals surface area contributed by atoms with Crippen molar-refractivity contribution in [1.82, 2.24) is 25.4 Å². The van der Waals surface area contributed by atoms with Gasteiger partial charge in [-0.25, -0.2) is 4.98 Å². The maximum Gasteiger partial charge on any atom is 0.291 e. The Bertz CT molecular complexity index is 519. The number of amides is 2. The van der Waals surface area contributed by atoms with Crippen LogP contribution in [-0.2, 0) is 4.79 Å². The van der Waals surface area contributed by atoms with E-state index >= 15 is 0 Å². The van der Waals surface area contributed by atoms with E-state index in [1.165, 1.54) is 4.90 Å². The van der Waals surface area contributed by atoms with Gasteiger partial charge in [-0.2, -0.15) is 0 Å². The Morgan fingerprint density at radius 1 is 1.38 bits per heavy atom. The van der Waals surface area contributed by atoms with Crippen molar-refractivity contribution in [1.29, 1.82) is 0 Å². The van der Waals surface area contributed by atoms with E-state index in [9.17, 15) is 9.59 Å². The first-order chi connectivity index (χ1) is 9.88. The van der Waals surface area contributed by atoms with Crippen LogP contribution in [0.1, 0.15) is 55.5 Å². The topological polar surface area (TPSA) is 91.0 Å². The zero-order valence-corrected chi connectivity index (χ0v) is 13.0. The summed E-state index contributed by atoms with van der Waals surface area (Å²) in [5.74, 6) is 1.06. The number of hydrogen-bond donors (Lipinski definition) is 2. The zero-order chi connectivity index (χ0) is 15.6. The molecule has 1 heterocycles. The number of nitrogens with one attached hydrogen (secondary N) is 2. The van der Waals surface area contributed by atoms with E-state index < -0.39 is 11.9 Å². The molecule has 7 nitrogen and oxygen atoms in total. The molecule has 0 radical (unpaired) electrons. The number of rotatable bonds is 6. The minimum absolute atomic E-state index is 0.109. The summed E-state index contributed by atoms with van der Waals surface area (Å²) in [7, 11) is 3.36. The fourth-order valence-corrected chi connectivity index (χ4v) is 2.14. The quantitative estimate of drug-likeness (QED) is 0.815. The smallest absolute Gasteiger partial charge is 0.291 e. The molecule has 0 spiro atoms. The minimum atomic E-state index is -0.546. The molecule has 0 aliphatic heterocycles. The van der Waals surface area contributed by atoms with E-state index in [1.54, 1.807) is 14.1 Å². The lowest BCUT2D eigenvalue weighted by Gasteiger charge is -2.22. The fourth-order valence-electron chi connectivity index (χ4n) is 2.14. The van der Waals surface area contributed by atoms with E-state index in [0.29, 0.717) is 18.3 Å². The molecule has 0 aromatic carbocycles. The predicted molar refractivity (Wildman–Crippen MR) is 77.8 cm³/mol. The van der Waals surface area contributed by atoms with E-state index in [1.807, 2.05) is 13.8 Å². The monoisotopic (exact) mass is 293 g/mol. The van der Waals surface area contributed by atoms with Crippen molar-refractivity contribution >= 4 is 11.8 Å². The van der Waals surface area contributed by atoms with Gasteiger partial charge in [-0.3, -0.25) is 14.7 Å². The summed E-state index contributed by atoms with van der Waals surface area (Å²) in [6, 6.07) is -0.546. The highest BCUT2D eigenvalue weighted by Gasteiger charge is 2.29. The average molecular weight is 293 g/mol. The number of carbonyl (C=O) groups excluding carboxylic acids is 2. The molecule has 1 fully saturated rings. The molecule has 2 N–H and O–H groups in total. The van der Waals surface area contributed by atoms with E-state index in [0.717, 1.165) is 18.7 Å². The maximum atomic E-state index is 12.2. The van der Waals surface area contributed by atoms with E-state index in [2.05, 4.69) is 20.5 Å². The highest BCUT2D eigenvalue weighted by atomic mass is 16.2. The Morgan fingerprint density at radius 3 is 2.57 bits per heavy atom. The summed E-state index contributed by atoms with van der Waals surface area (Å²) in [4.78, 5) is 30.0. The second-order valence-electron chi connectivity index (χ2n) is 6.21. The molecule has 21 heavy (non-hydrogen) atoms. The lowest BCUT2D eigenvalue weighted by atomic mass is 10.0. The van der Waals surface area contributed by atoms with Crippen LogP contribution in [0.3, 0.4) is 0 Å². The Morgan fingerprint density at radius 2 is 2.05 bits per heavy atom. The van der Waals surface area contributed by atoms with Crippen LogP contribution in [0.15, 0.2) is 0 Å². The number of hydrogen-bond acceptors (Lipinski definition) is 4. The van der Waals surface area contributed by atoms with Crippen LogP contribution in [0, 0.1) is 5.92 Å². The van der Waals surface area contributed by atoms with Crippen molar-refractivity contribution in [2.75, 3.05) is 14.1 Å². The summed E-state index contributed by atoms with van der Waals surface area (Å²) in [6.07, 6.45) is 2.76. The number of H-pyrrole nitrogens is 1. The second kappa shape index (κ2) is 6.24. The van der Waals surface area contributed by atoms with E-state index in [-0.39, 0.29) is 11.7 Å². The summed E-state index contributed by atoms with van der Waals surface area (Å²) in [5, 5.41) is 9.48. The Hall–Kier alpha value is -1.92. The normalized spacial score (nSPS) is 15.9. The molecule has 0 saturated heterocycles. The molecule has 116 valence electrons. The highest BCUT2D eigenvalue weighted by molar-refractivity contribution is 5.94. The van der Waals surface area contributed by atoms with Gasteiger partial charge in [0.25, 0.3) is 5.91 Å². The van der Waals surface area contributed by atoms with Gasteiger partial charge in [0.05, 0.1) is 0 Å².